The molecule has 0 heterocycles. The van der Waals surface area contributed by atoms with Gasteiger partial charge in [0.1, 0.15) is 11.6 Å². The first-order chi connectivity index (χ1) is 9.97. The third-order valence-corrected chi connectivity index (χ3v) is 5.13. The van der Waals surface area contributed by atoms with Gasteiger partial charge in [-0.25, -0.2) is 21.9 Å². The fourth-order valence-corrected chi connectivity index (χ4v) is 4.03. The molecule has 1 aliphatic carbocycles. The number of rotatable bonds is 3. The summed E-state index contributed by atoms with van der Waals surface area (Å²) in [6.45, 7) is 0. The highest BCUT2D eigenvalue weighted by Crippen LogP contribution is 2.24. The number of fused-ring (bicyclic) bond motifs is 1. The third kappa shape index (κ3) is 2.69. The maximum atomic E-state index is 13.6. The quantitative estimate of drug-likeness (QED) is 0.946. The fourth-order valence-electron chi connectivity index (χ4n) is 2.66. The Labute approximate surface area is 121 Å². The van der Waals surface area contributed by atoms with E-state index in [0.29, 0.717) is 12.8 Å². The minimum Gasteiger partial charge on any atom is -0.207 e. The van der Waals surface area contributed by atoms with Crippen LogP contribution >= 0.6 is 0 Å². The smallest absolute Gasteiger partial charge is 0.207 e. The predicted molar refractivity (Wildman–Crippen MR) is 74.3 cm³/mol. The van der Waals surface area contributed by atoms with Crippen LogP contribution in [-0.4, -0.2) is 14.5 Å². The Morgan fingerprint density at radius 3 is 1.95 bits per heavy atom. The van der Waals surface area contributed by atoms with Crippen LogP contribution in [0.15, 0.2) is 47.4 Å². The van der Waals surface area contributed by atoms with Crippen molar-refractivity contribution in [3.05, 3.63) is 65.2 Å². The summed E-state index contributed by atoms with van der Waals surface area (Å²) in [5, 5.41) is 0. The standard InChI is InChI=1S/C15H13F2NO2S/c16-13-6-3-7-14(17)15(13)21(19,20)18-12-8-10-4-1-2-5-11(10)9-12/h1-7,12,18H,8-9H2. The van der Waals surface area contributed by atoms with E-state index in [4.69, 9.17) is 0 Å². The minimum absolute atomic E-state index is 0.383. The van der Waals surface area contributed by atoms with Gasteiger partial charge in [-0.05, 0) is 36.1 Å². The summed E-state index contributed by atoms with van der Waals surface area (Å²) in [7, 11) is -4.22. The highest BCUT2D eigenvalue weighted by atomic mass is 32.2. The maximum Gasteiger partial charge on any atom is 0.246 e. The molecule has 21 heavy (non-hydrogen) atoms. The number of benzene rings is 2. The van der Waals surface area contributed by atoms with Crippen molar-refractivity contribution < 1.29 is 17.2 Å². The Kier molecular flexibility index (Phi) is 3.51. The Balaban J connectivity index is 1.86. The SMILES string of the molecule is O=S(=O)(NC1Cc2ccccc2C1)c1c(F)cccc1F. The van der Waals surface area contributed by atoms with Crippen LogP contribution in [0.4, 0.5) is 8.78 Å². The lowest BCUT2D eigenvalue weighted by Gasteiger charge is -2.13. The Bertz CT molecular complexity index is 745. The highest BCUT2D eigenvalue weighted by molar-refractivity contribution is 7.89. The summed E-state index contributed by atoms with van der Waals surface area (Å²) >= 11 is 0. The van der Waals surface area contributed by atoms with Gasteiger partial charge >= 0.3 is 0 Å². The summed E-state index contributed by atoms with van der Waals surface area (Å²) in [4.78, 5) is -0.916. The van der Waals surface area contributed by atoms with E-state index in [-0.39, 0.29) is 6.04 Å². The normalized spacial score (nSPS) is 15.1. The van der Waals surface area contributed by atoms with Gasteiger partial charge < -0.3 is 0 Å². The largest absolute Gasteiger partial charge is 0.246 e. The number of hydrogen-bond acceptors (Lipinski definition) is 2. The molecule has 0 saturated heterocycles. The van der Waals surface area contributed by atoms with Gasteiger partial charge in [-0.3, -0.25) is 0 Å². The lowest BCUT2D eigenvalue weighted by molar-refractivity contribution is 0.506. The van der Waals surface area contributed by atoms with E-state index in [1.807, 2.05) is 24.3 Å². The average Bonchev–Trinajstić information content (AvgIpc) is 2.79. The molecule has 0 atom stereocenters. The van der Waals surface area contributed by atoms with Gasteiger partial charge in [0.15, 0.2) is 4.90 Å². The molecule has 0 aliphatic heterocycles. The average molecular weight is 309 g/mol. The summed E-state index contributed by atoms with van der Waals surface area (Å²) in [6, 6.07) is 10.2. The van der Waals surface area contributed by atoms with Crippen molar-refractivity contribution in [3.63, 3.8) is 0 Å². The van der Waals surface area contributed by atoms with E-state index < -0.39 is 26.6 Å². The molecule has 3 rings (SSSR count). The van der Waals surface area contributed by atoms with Crippen molar-refractivity contribution in [1.29, 1.82) is 0 Å². The van der Waals surface area contributed by atoms with Crippen molar-refractivity contribution in [3.8, 4) is 0 Å². The molecule has 1 aliphatic rings. The molecule has 3 nitrogen and oxygen atoms in total. The Hall–Kier alpha value is -1.79. The van der Waals surface area contributed by atoms with Gasteiger partial charge in [0.25, 0.3) is 0 Å². The van der Waals surface area contributed by atoms with Crippen LogP contribution in [0.5, 0.6) is 0 Å². The molecule has 6 heteroatoms. The van der Waals surface area contributed by atoms with Gasteiger partial charge in [0, 0.05) is 6.04 Å². The molecule has 1 N–H and O–H groups in total. The molecule has 0 spiro atoms. The number of halogens is 2. The Morgan fingerprint density at radius 1 is 0.905 bits per heavy atom. The number of sulfonamides is 1. The number of hydrogen-bond donors (Lipinski definition) is 1. The summed E-state index contributed by atoms with van der Waals surface area (Å²) in [6.07, 6.45) is 1.04. The van der Waals surface area contributed by atoms with E-state index in [1.54, 1.807) is 0 Å². The molecule has 0 bridgehead atoms. The first-order valence-electron chi connectivity index (χ1n) is 6.50. The monoisotopic (exact) mass is 309 g/mol. The highest BCUT2D eigenvalue weighted by Gasteiger charge is 2.29. The molecule has 110 valence electrons. The van der Waals surface area contributed by atoms with Gasteiger partial charge in [-0.1, -0.05) is 30.3 Å². The molecule has 0 unspecified atom stereocenters. The lowest BCUT2D eigenvalue weighted by Crippen LogP contribution is -2.36. The van der Waals surface area contributed by atoms with Crippen LogP contribution in [0.3, 0.4) is 0 Å². The molecule has 2 aromatic rings. The minimum atomic E-state index is -4.22. The van der Waals surface area contributed by atoms with Crippen LogP contribution < -0.4 is 4.72 Å². The van der Waals surface area contributed by atoms with E-state index in [1.165, 1.54) is 0 Å². The van der Waals surface area contributed by atoms with Gasteiger partial charge in [0.2, 0.25) is 10.0 Å². The van der Waals surface area contributed by atoms with Crippen molar-refractivity contribution >= 4 is 10.0 Å². The zero-order valence-corrected chi connectivity index (χ0v) is 11.8. The molecule has 0 amide bonds. The predicted octanol–water partition coefficient (Wildman–Crippen LogP) is 2.41. The van der Waals surface area contributed by atoms with Crippen LogP contribution in [0.25, 0.3) is 0 Å². The number of nitrogens with one attached hydrogen (secondary N) is 1. The summed E-state index contributed by atoms with van der Waals surface area (Å²) in [5.74, 6) is -2.17. The molecule has 0 fully saturated rings. The van der Waals surface area contributed by atoms with Gasteiger partial charge in [-0.2, -0.15) is 0 Å². The Morgan fingerprint density at radius 2 is 1.43 bits per heavy atom. The van der Waals surface area contributed by atoms with Crippen LogP contribution in [-0.2, 0) is 22.9 Å². The zero-order valence-electron chi connectivity index (χ0n) is 11.0. The van der Waals surface area contributed by atoms with E-state index in [2.05, 4.69) is 4.72 Å². The second-order valence-electron chi connectivity index (χ2n) is 5.05. The van der Waals surface area contributed by atoms with Crippen molar-refractivity contribution in [2.75, 3.05) is 0 Å². The molecular formula is C15H13F2NO2S. The van der Waals surface area contributed by atoms with E-state index in [9.17, 15) is 17.2 Å². The first kappa shape index (κ1) is 14.2. The maximum absolute atomic E-state index is 13.6. The van der Waals surface area contributed by atoms with E-state index >= 15 is 0 Å². The molecule has 0 saturated carbocycles. The summed E-state index contributed by atoms with van der Waals surface area (Å²) < 4.78 is 54.0. The third-order valence-electron chi connectivity index (χ3n) is 3.56. The van der Waals surface area contributed by atoms with Gasteiger partial charge in [0.05, 0.1) is 0 Å². The van der Waals surface area contributed by atoms with Crippen molar-refractivity contribution in [1.82, 2.24) is 4.72 Å². The van der Waals surface area contributed by atoms with Gasteiger partial charge in [-0.15, -0.1) is 0 Å². The first-order valence-corrected chi connectivity index (χ1v) is 7.99. The molecule has 0 radical (unpaired) electrons. The fraction of sp³-hybridized carbons (Fsp3) is 0.200. The van der Waals surface area contributed by atoms with Crippen molar-refractivity contribution in [2.24, 2.45) is 0 Å². The van der Waals surface area contributed by atoms with Crippen LogP contribution in [0.1, 0.15) is 11.1 Å². The second kappa shape index (κ2) is 5.20. The lowest BCUT2D eigenvalue weighted by atomic mass is 10.1. The molecule has 0 aromatic heterocycles. The topological polar surface area (TPSA) is 46.2 Å². The van der Waals surface area contributed by atoms with Crippen LogP contribution in [0.2, 0.25) is 0 Å². The van der Waals surface area contributed by atoms with Crippen molar-refractivity contribution in [2.45, 2.75) is 23.8 Å². The second-order valence-corrected chi connectivity index (χ2v) is 6.70. The molecular weight excluding hydrogens is 296 g/mol. The zero-order chi connectivity index (χ0) is 15.0. The van der Waals surface area contributed by atoms with E-state index in [0.717, 1.165) is 29.3 Å². The summed E-state index contributed by atoms with van der Waals surface area (Å²) in [5.41, 5.74) is 2.11. The molecule has 2 aromatic carbocycles. The van der Waals surface area contributed by atoms with Crippen LogP contribution in [0, 0.1) is 11.6 Å².